The van der Waals surface area contributed by atoms with Crippen LogP contribution in [-0.4, -0.2) is 54.2 Å². The molecule has 1 aliphatic heterocycles. The highest BCUT2D eigenvalue weighted by atomic mass is 16.3. The largest absolute Gasteiger partial charge is 0.395 e. The zero-order chi connectivity index (χ0) is 13.0. The van der Waals surface area contributed by atoms with E-state index in [1.54, 1.807) is 0 Å². The van der Waals surface area contributed by atoms with Crippen molar-refractivity contribution in [2.75, 3.05) is 39.3 Å². The van der Waals surface area contributed by atoms with Gasteiger partial charge in [-0.3, -0.25) is 9.80 Å². The summed E-state index contributed by atoms with van der Waals surface area (Å²) in [6, 6.07) is 6.53. The Balaban J connectivity index is 1.92. The minimum absolute atomic E-state index is 0.275. The van der Waals surface area contributed by atoms with Gasteiger partial charge in [-0.2, -0.15) is 0 Å². The molecule has 1 aromatic carbocycles. The lowest BCUT2D eigenvalue weighted by molar-refractivity contribution is 0.108. The van der Waals surface area contributed by atoms with E-state index in [9.17, 15) is 0 Å². The molecule has 1 fully saturated rings. The van der Waals surface area contributed by atoms with Crippen molar-refractivity contribution in [3.8, 4) is 0 Å². The summed E-state index contributed by atoms with van der Waals surface area (Å²) in [6.07, 6.45) is 0. The van der Waals surface area contributed by atoms with Gasteiger partial charge in [-0.05, 0) is 30.5 Å². The molecule has 100 valence electrons. The third-order valence-corrected chi connectivity index (χ3v) is 3.91. The molecule has 3 heteroatoms. The molecule has 0 saturated carbocycles. The molecule has 1 N–H and O–H groups in total. The van der Waals surface area contributed by atoms with Gasteiger partial charge < -0.3 is 5.11 Å². The van der Waals surface area contributed by atoms with E-state index in [0.717, 1.165) is 39.3 Å². The summed E-state index contributed by atoms with van der Waals surface area (Å²) in [5.41, 5.74) is 4.27. The van der Waals surface area contributed by atoms with Crippen molar-refractivity contribution in [1.29, 1.82) is 0 Å². The average molecular weight is 248 g/mol. The molecule has 1 heterocycles. The number of hydrogen-bond acceptors (Lipinski definition) is 3. The van der Waals surface area contributed by atoms with Crippen molar-refractivity contribution in [2.45, 2.75) is 20.4 Å². The minimum atomic E-state index is 0.275. The maximum atomic E-state index is 8.94. The smallest absolute Gasteiger partial charge is 0.0558 e. The first kappa shape index (κ1) is 13.5. The fourth-order valence-electron chi connectivity index (χ4n) is 2.63. The van der Waals surface area contributed by atoms with E-state index in [4.69, 9.17) is 5.11 Å². The quantitative estimate of drug-likeness (QED) is 0.873. The van der Waals surface area contributed by atoms with Crippen LogP contribution < -0.4 is 0 Å². The summed E-state index contributed by atoms with van der Waals surface area (Å²) < 4.78 is 0. The van der Waals surface area contributed by atoms with Gasteiger partial charge in [0, 0.05) is 39.3 Å². The highest BCUT2D eigenvalue weighted by molar-refractivity contribution is 5.33. The predicted octanol–water partition coefficient (Wildman–Crippen LogP) is 1.41. The number of aliphatic hydroxyl groups excluding tert-OH is 1. The number of β-amino-alcohol motifs (C(OH)–C–C–N with tert-alkyl or cyclic N) is 1. The molecule has 0 amide bonds. The molecule has 1 saturated heterocycles. The van der Waals surface area contributed by atoms with E-state index in [1.165, 1.54) is 16.7 Å². The first-order valence-electron chi connectivity index (χ1n) is 6.81. The number of benzene rings is 1. The Labute approximate surface area is 110 Å². The fraction of sp³-hybridized carbons (Fsp3) is 0.600. The van der Waals surface area contributed by atoms with Crippen LogP contribution >= 0.6 is 0 Å². The minimum Gasteiger partial charge on any atom is -0.395 e. The molecule has 0 radical (unpaired) electrons. The second-order valence-corrected chi connectivity index (χ2v) is 5.21. The van der Waals surface area contributed by atoms with E-state index >= 15 is 0 Å². The van der Waals surface area contributed by atoms with Crippen LogP contribution in [-0.2, 0) is 6.54 Å². The molecule has 1 aliphatic rings. The van der Waals surface area contributed by atoms with Gasteiger partial charge in [0.1, 0.15) is 0 Å². The topological polar surface area (TPSA) is 26.7 Å². The van der Waals surface area contributed by atoms with Crippen molar-refractivity contribution in [1.82, 2.24) is 9.80 Å². The van der Waals surface area contributed by atoms with Gasteiger partial charge in [0.05, 0.1) is 6.61 Å². The van der Waals surface area contributed by atoms with Gasteiger partial charge in [0.25, 0.3) is 0 Å². The molecule has 0 bridgehead atoms. The Morgan fingerprint density at radius 1 is 1.00 bits per heavy atom. The Morgan fingerprint density at radius 3 is 2.11 bits per heavy atom. The van der Waals surface area contributed by atoms with Gasteiger partial charge in [-0.15, -0.1) is 0 Å². The number of hydrogen-bond donors (Lipinski definition) is 1. The summed E-state index contributed by atoms with van der Waals surface area (Å²) in [5.74, 6) is 0. The Kier molecular flexibility index (Phi) is 4.75. The highest BCUT2D eigenvalue weighted by Crippen LogP contribution is 2.16. The number of piperazine rings is 1. The number of aliphatic hydroxyl groups is 1. The number of rotatable bonds is 4. The fourth-order valence-corrected chi connectivity index (χ4v) is 2.63. The van der Waals surface area contributed by atoms with Crippen molar-refractivity contribution >= 4 is 0 Å². The lowest BCUT2D eigenvalue weighted by Crippen LogP contribution is -2.46. The predicted molar refractivity (Wildman–Crippen MR) is 74.7 cm³/mol. The number of aryl methyl sites for hydroxylation is 2. The van der Waals surface area contributed by atoms with Crippen LogP contribution in [0, 0.1) is 13.8 Å². The van der Waals surface area contributed by atoms with Crippen molar-refractivity contribution in [3.05, 3.63) is 34.9 Å². The summed E-state index contributed by atoms with van der Waals surface area (Å²) in [4.78, 5) is 4.85. The van der Waals surface area contributed by atoms with Crippen molar-refractivity contribution in [3.63, 3.8) is 0 Å². The molecule has 2 rings (SSSR count). The lowest BCUT2D eigenvalue weighted by Gasteiger charge is -2.34. The summed E-state index contributed by atoms with van der Waals surface area (Å²) in [5, 5.41) is 8.94. The molecule has 18 heavy (non-hydrogen) atoms. The Bertz CT molecular complexity index is 364. The summed E-state index contributed by atoms with van der Waals surface area (Å²) in [7, 11) is 0. The van der Waals surface area contributed by atoms with Crippen LogP contribution in [0.1, 0.15) is 16.7 Å². The van der Waals surface area contributed by atoms with Crippen molar-refractivity contribution < 1.29 is 5.11 Å². The SMILES string of the molecule is Cc1cccc(C)c1CN1CCN(CCO)CC1. The van der Waals surface area contributed by atoms with Crippen LogP contribution in [0.3, 0.4) is 0 Å². The zero-order valence-electron chi connectivity index (χ0n) is 11.5. The first-order chi connectivity index (χ1) is 8.70. The van der Waals surface area contributed by atoms with E-state index in [1.807, 2.05) is 0 Å². The van der Waals surface area contributed by atoms with Crippen LogP contribution in [0.15, 0.2) is 18.2 Å². The molecule has 1 aromatic rings. The first-order valence-corrected chi connectivity index (χ1v) is 6.81. The number of nitrogens with zero attached hydrogens (tertiary/aromatic N) is 2. The molecule has 0 atom stereocenters. The third-order valence-electron chi connectivity index (χ3n) is 3.91. The van der Waals surface area contributed by atoms with Crippen molar-refractivity contribution in [2.24, 2.45) is 0 Å². The molecular weight excluding hydrogens is 224 g/mol. The van der Waals surface area contributed by atoms with E-state index in [0.29, 0.717) is 0 Å². The second kappa shape index (κ2) is 6.32. The van der Waals surface area contributed by atoms with Crippen LogP contribution in [0.4, 0.5) is 0 Å². The molecule has 0 unspecified atom stereocenters. The Morgan fingerprint density at radius 2 is 1.56 bits per heavy atom. The zero-order valence-corrected chi connectivity index (χ0v) is 11.5. The monoisotopic (exact) mass is 248 g/mol. The summed E-state index contributed by atoms with van der Waals surface area (Å²) in [6.45, 7) is 10.9. The average Bonchev–Trinajstić information content (AvgIpc) is 2.36. The summed E-state index contributed by atoms with van der Waals surface area (Å²) >= 11 is 0. The van der Waals surface area contributed by atoms with Gasteiger partial charge in [0.2, 0.25) is 0 Å². The van der Waals surface area contributed by atoms with Gasteiger partial charge in [-0.1, -0.05) is 18.2 Å². The van der Waals surface area contributed by atoms with E-state index in [2.05, 4.69) is 41.8 Å². The van der Waals surface area contributed by atoms with Gasteiger partial charge >= 0.3 is 0 Å². The normalized spacial score (nSPS) is 18.2. The van der Waals surface area contributed by atoms with E-state index < -0.39 is 0 Å². The van der Waals surface area contributed by atoms with Crippen LogP contribution in [0.25, 0.3) is 0 Å². The van der Waals surface area contributed by atoms with Crippen LogP contribution in [0.5, 0.6) is 0 Å². The molecule has 0 aliphatic carbocycles. The van der Waals surface area contributed by atoms with Gasteiger partial charge in [-0.25, -0.2) is 0 Å². The highest BCUT2D eigenvalue weighted by Gasteiger charge is 2.17. The lowest BCUT2D eigenvalue weighted by atomic mass is 10.0. The van der Waals surface area contributed by atoms with E-state index in [-0.39, 0.29) is 6.61 Å². The van der Waals surface area contributed by atoms with Crippen LogP contribution in [0.2, 0.25) is 0 Å². The Hall–Kier alpha value is -0.900. The molecule has 0 spiro atoms. The molecule has 0 aromatic heterocycles. The maximum Gasteiger partial charge on any atom is 0.0558 e. The molecule has 3 nitrogen and oxygen atoms in total. The van der Waals surface area contributed by atoms with Gasteiger partial charge in [0.15, 0.2) is 0 Å². The third kappa shape index (κ3) is 3.31. The standard InChI is InChI=1S/C15H24N2O/c1-13-4-3-5-14(2)15(13)12-17-8-6-16(7-9-17)10-11-18/h3-5,18H,6-12H2,1-2H3. The maximum absolute atomic E-state index is 8.94. The second-order valence-electron chi connectivity index (χ2n) is 5.21. The molecular formula is C15H24N2O.